The minimum absolute atomic E-state index is 0. The second-order valence-electron chi connectivity index (χ2n) is 6.26. The van der Waals surface area contributed by atoms with Crippen LogP contribution in [-0.4, -0.2) is 45.3 Å². The Balaban J connectivity index is 0. The quantitative estimate of drug-likeness (QED) is 0.442. The van der Waals surface area contributed by atoms with Gasteiger partial charge in [0.15, 0.2) is 0 Å². The molecule has 0 aromatic heterocycles. The van der Waals surface area contributed by atoms with Gasteiger partial charge in [-0.05, 0) is 51.5 Å². The van der Waals surface area contributed by atoms with Gasteiger partial charge in [-0.25, -0.2) is 0 Å². The number of rotatable bonds is 14. The molecule has 0 saturated heterocycles. The topological polar surface area (TPSA) is 33.7 Å². The summed E-state index contributed by atoms with van der Waals surface area (Å²) in [6, 6.07) is 5.99. The minimum Gasteiger partial charge on any atom is -0.497 e. The molecular formula is C20H38Cl2N2O2. The molecule has 1 rings (SSSR count). The Morgan fingerprint density at radius 3 is 2.04 bits per heavy atom. The van der Waals surface area contributed by atoms with E-state index in [1.807, 2.05) is 12.1 Å². The highest BCUT2D eigenvalue weighted by atomic mass is 35.5. The summed E-state index contributed by atoms with van der Waals surface area (Å²) in [6.45, 7) is 10.1. The van der Waals surface area contributed by atoms with E-state index in [2.05, 4.69) is 30.1 Å². The van der Waals surface area contributed by atoms with Crippen molar-refractivity contribution in [2.75, 3.05) is 40.4 Å². The van der Waals surface area contributed by atoms with Gasteiger partial charge in [-0.15, -0.1) is 24.8 Å². The zero-order valence-corrected chi connectivity index (χ0v) is 18.5. The molecule has 0 aliphatic heterocycles. The maximum Gasteiger partial charge on any atom is 0.127 e. The summed E-state index contributed by atoms with van der Waals surface area (Å²) >= 11 is 0. The minimum atomic E-state index is 0. The van der Waals surface area contributed by atoms with Gasteiger partial charge in [-0.3, -0.25) is 0 Å². The van der Waals surface area contributed by atoms with Crippen molar-refractivity contribution in [2.24, 2.45) is 0 Å². The molecule has 0 fully saturated rings. The Morgan fingerprint density at radius 2 is 1.50 bits per heavy atom. The lowest BCUT2D eigenvalue weighted by Gasteiger charge is -2.22. The standard InChI is InChI=1S/C20H36N2O2.2ClH/c1-5-7-13-22(14-8-6-2)15-9-12-21-17-18-10-11-19(23-3)16-20(18)24-4;;/h10-11,16,21H,5-9,12-15,17H2,1-4H3;2*1H. The van der Waals surface area contributed by atoms with Gasteiger partial charge in [-0.2, -0.15) is 0 Å². The Hall–Kier alpha value is -0.680. The lowest BCUT2D eigenvalue weighted by Crippen LogP contribution is -2.29. The third-order valence-corrected chi connectivity index (χ3v) is 4.29. The van der Waals surface area contributed by atoms with Crippen LogP contribution in [0.3, 0.4) is 0 Å². The largest absolute Gasteiger partial charge is 0.497 e. The fourth-order valence-corrected chi connectivity index (χ4v) is 2.75. The number of benzene rings is 1. The molecule has 1 aromatic rings. The molecule has 0 aliphatic carbocycles. The number of unbranched alkanes of at least 4 members (excludes halogenated alkanes) is 2. The van der Waals surface area contributed by atoms with Crippen molar-refractivity contribution in [1.82, 2.24) is 10.2 Å². The van der Waals surface area contributed by atoms with Crippen LogP contribution in [0.5, 0.6) is 11.5 Å². The Bertz CT molecular complexity index is 440. The van der Waals surface area contributed by atoms with Crippen LogP contribution in [0.25, 0.3) is 0 Å². The van der Waals surface area contributed by atoms with E-state index in [1.165, 1.54) is 57.3 Å². The highest BCUT2D eigenvalue weighted by Crippen LogP contribution is 2.24. The van der Waals surface area contributed by atoms with Crippen LogP contribution in [0, 0.1) is 0 Å². The summed E-state index contributed by atoms with van der Waals surface area (Å²) < 4.78 is 10.7. The monoisotopic (exact) mass is 408 g/mol. The first-order valence-electron chi connectivity index (χ1n) is 9.39. The summed E-state index contributed by atoms with van der Waals surface area (Å²) in [7, 11) is 3.38. The first-order chi connectivity index (χ1) is 11.7. The third-order valence-electron chi connectivity index (χ3n) is 4.29. The number of nitrogens with zero attached hydrogens (tertiary/aromatic N) is 1. The van der Waals surface area contributed by atoms with E-state index in [9.17, 15) is 0 Å². The van der Waals surface area contributed by atoms with E-state index in [-0.39, 0.29) is 24.8 Å². The van der Waals surface area contributed by atoms with Gasteiger partial charge < -0.3 is 19.7 Å². The van der Waals surface area contributed by atoms with Crippen molar-refractivity contribution in [2.45, 2.75) is 52.5 Å². The number of nitrogens with one attached hydrogen (secondary N) is 1. The van der Waals surface area contributed by atoms with Gasteiger partial charge in [0.2, 0.25) is 0 Å². The zero-order valence-electron chi connectivity index (χ0n) is 16.9. The smallest absolute Gasteiger partial charge is 0.127 e. The average molecular weight is 409 g/mol. The van der Waals surface area contributed by atoms with Crippen LogP contribution < -0.4 is 14.8 Å². The van der Waals surface area contributed by atoms with Crippen LogP contribution in [0.15, 0.2) is 18.2 Å². The van der Waals surface area contributed by atoms with Crippen molar-refractivity contribution < 1.29 is 9.47 Å². The number of methoxy groups -OCH3 is 2. The van der Waals surface area contributed by atoms with Crippen molar-refractivity contribution in [3.05, 3.63) is 23.8 Å². The predicted molar refractivity (Wildman–Crippen MR) is 117 cm³/mol. The van der Waals surface area contributed by atoms with Gasteiger partial charge in [0.1, 0.15) is 11.5 Å². The first kappa shape index (κ1) is 27.5. The summed E-state index contributed by atoms with van der Waals surface area (Å²) in [4.78, 5) is 2.61. The van der Waals surface area contributed by atoms with Crippen molar-refractivity contribution >= 4 is 24.8 Å². The van der Waals surface area contributed by atoms with Crippen molar-refractivity contribution in [3.8, 4) is 11.5 Å². The molecule has 0 heterocycles. The van der Waals surface area contributed by atoms with Gasteiger partial charge in [-0.1, -0.05) is 32.8 Å². The Labute approximate surface area is 172 Å². The molecule has 0 radical (unpaired) electrons. The van der Waals surface area contributed by atoms with Crippen molar-refractivity contribution in [1.29, 1.82) is 0 Å². The van der Waals surface area contributed by atoms with Crippen LogP contribution in [0.2, 0.25) is 0 Å². The molecule has 4 nitrogen and oxygen atoms in total. The fraction of sp³-hybridized carbons (Fsp3) is 0.700. The average Bonchev–Trinajstić information content (AvgIpc) is 2.62. The third kappa shape index (κ3) is 11.1. The normalized spacial score (nSPS) is 10.2. The van der Waals surface area contributed by atoms with E-state index in [4.69, 9.17) is 9.47 Å². The number of hydrogen-bond donors (Lipinski definition) is 1. The van der Waals surface area contributed by atoms with Crippen LogP contribution >= 0.6 is 24.8 Å². The van der Waals surface area contributed by atoms with Crippen LogP contribution in [-0.2, 0) is 6.54 Å². The maximum absolute atomic E-state index is 5.44. The van der Waals surface area contributed by atoms with Crippen molar-refractivity contribution in [3.63, 3.8) is 0 Å². The molecule has 1 aromatic carbocycles. The second kappa shape index (κ2) is 17.7. The molecular weight excluding hydrogens is 371 g/mol. The first-order valence-corrected chi connectivity index (χ1v) is 9.39. The summed E-state index contributed by atoms with van der Waals surface area (Å²) in [5, 5.41) is 3.53. The predicted octanol–water partition coefficient (Wildman–Crippen LogP) is 4.93. The summed E-state index contributed by atoms with van der Waals surface area (Å²) in [5.74, 6) is 1.72. The number of ether oxygens (including phenoxy) is 2. The molecule has 0 saturated carbocycles. The molecule has 154 valence electrons. The molecule has 0 atom stereocenters. The van der Waals surface area contributed by atoms with E-state index in [0.717, 1.165) is 24.6 Å². The van der Waals surface area contributed by atoms with E-state index >= 15 is 0 Å². The highest BCUT2D eigenvalue weighted by Gasteiger charge is 2.06. The fourth-order valence-electron chi connectivity index (χ4n) is 2.75. The van der Waals surface area contributed by atoms with Gasteiger partial charge in [0.05, 0.1) is 14.2 Å². The summed E-state index contributed by atoms with van der Waals surface area (Å²) in [5.41, 5.74) is 1.17. The number of hydrogen-bond acceptors (Lipinski definition) is 4. The molecule has 0 unspecified atom stereocenters. The molecule has 26 heavy (non-hydrogen) atoms. The summed E-state index contributed by atoms with van der Waals surface area (Å²) in [6.07, 6.45) is 6.35. The SMILES string of the molecule is CCCCN(CCCC)CCCNCc1ccc(OC)cc1OC.Cl.Cl. The van der Waals surface area contributed by atoms with Crippen LogP contribution in [0.1, 0.15) is 51.5 Å². The van der Waals surface area contributed by atoms with E-state index in [0.29, 0.717) is 0 Å². The molecule has 0 aliphatic rings. The molecule has 0 spiro atoms. The van der Waals surface area contributed by atoms with Gasteiger partial charge >= 0.3 is 0 Å². The number of halogens is 2. The Morgan fingerprint density at radius 1 is 0.885 bits per heavy atom. The highest BCUT2D eigenvalue weighted by molar-refractivity contribution is 5.85. The molecule has 6 heteroatoms. The zero-order chi connectivity index (χ0) is 17.6. The molecule has 0 bridgehead atoms. The van der Waals surface area contributed by atoms with Gasteiger partial charge in [0.25, 0.3) is 0 Å². The van der Waals surface area contributed by atoms with E-state index < -0.39 is 0 Å². The molecule has 1 N–H and O–H groups in total. The lowest BCUT2D eigenvalue weighted by molar-refractivity contribution is 0.261. The molecule has 0 amide bonds. The van der Waals surface area contributed by atoms with E-state index in [1.54, 1.807) is 14.2 Å². The van der Waals surface area contributed by atoms with Crippen LogP contribution in [0.4, 0.5) is 0 Å². The Kier molecular flexibility index (Phi) is 18.8. The second-order valence-corrected chi connectivity index (χ2v) is 6.26. The lowest BCUT2D eigenvalue weighted by atomic mass is 10.2. The maximum atomic E-state index is 5.44. The van der Waals surface area contributed by atoms with Gasteiger partial charge in [0, 0.05) is 18.2 Å².